The maximum Gasteiger partial charge on any atom is 0.163 e. The van der Waals surface area contributed by atoms with Crippen molar-refractivity contribution < 1.29 is 5.11 Å². The Morgan fingerprint density at radius 3 is 2.65 bits per heavy atom. The van der Waals surface area contributed by atoms with Crippen molar-refractivity contribution in [2.24, 2.45) is 0 Å². The van der Waals surface area contributed by atoms with Crippen LogP contribution in [0.5, 0.6) is 0 Å². The van der Waals surface area contributed by atoms with Gasteiger partial charge in [0.15, 0.2) is 5.82 Å². The van der Waals surface area contributed by atoms with Crippen LogP contribution in [0.25, 0.3) is 11.4 Å². The van der Waals surface area contributed by atoms with Crippen molar-refractivity contribution >= 4 is 5.82 Å². The molecule has 1 aliphatic rings. The number of nitrogens with zero attached hydrogens (tertiary/aromatic N) is 5. The Morgan fingerprint density at radius 2 is 2.00 bits per heavy atom. The van der Waals surface area contributed by atoms with Gasteiger partial charge in [0.25, 0.3) is 0 Å². The molecule has 0 aliphatic carbocycles. The molecule has 2 aromatic heterocycles. The molecule has 0 spiro atoms. The number of aryl methyl sites for hydroxylation is 1. The van der Waals surface area contributed by atoms with Crippen molar-refractivity contribution in [1.82, 2.24) is 19.9 Å². The van der Waals surface area contributed by atoms with Crippen LogP contribution in [0.2, 0.25) is 0 Å². The molecule has 1 atom stereocenters. The van der Waals surface area contributed by atoms with Crippen LogP contribution >= 0.6 is 0 Å². The van der Waals surface area contributed by atoms with Crippen molar-refractivity contribution in [2.45, 2.75) is 20.0 Å². The molecule has 1 N–H and O–H groups in total. The van der Waals surface area contributed by atoms with E-state index < -0.39 is 0 Å². The molecule has 0 amide bonds. The third-order valence-electron chi connectivity index (χ3n) is 3.98. The van der Waals surface area contributed by atoms with Crippen LogP contribution in [-0.2, 0) is 0 Å². The topological polar surface area (TPSA) is 65.4 Å². The molecule has 0 saturated carbocycles. The van der Waals surface area contributed by atoms with Crippen LogP contribution in [-0.4, -0.2) is 63.8 Å². The second-order valence-corrected chi connectivity index (χ2v) is 6.07. The van der Waals surface area contributed by atoms with Crippen molar-refractivity contribution in [3.8, 4) is 11.4 Å². The molecular formula is C17H23N5O. The number of anilines is 1. The van der Waals surface area contributed by atoms with Gasteiger partial charge in [-0.15, -0.1) is 0 Å². The van der Waals surface area contributed by atoms with Gasteiger partial charge in [0.2, 0.25) is 0 Å². The fourth-order valence-corrected chi connectivity index (χ4v) is 2.87. The van der Waals surface area contributed by atoms with Crippen molar-refractivity contribution in [2.75, 3.05) is 37.6 Å². The average Bonchev–Trinajstić information content (AvgIpc) is 2.55. The van der Waals surface area contributed by atoms with Crippen LogP contribution in [0.3, 0.4) is 0 Å². The lowest BCUT2D eigenvalue weighted by molar-refractivity contribution is 0.122. The number of hydrogen-bond acceptors (Lipinski definition) is 6. The molecule has 1 aliphatic heterocycles. The van der Waals surface area contributed by atoms with Gasteiger partial charge in [-0.25, -0.2) is 9.97 Å². The second kappa shape index (κ2) is 7.02. The molecule has 0 bridgehead atoms. The molecule has 3 rings (SSSR count). The largest absolute Gasteiger partial charge is 0.392 e. The van der Waals surface area contributed by atoms with E-state index in [1.165, 1.54) is 0 Å². The van der Waals surface area contributed by atoms with Crippen LogP contribution < -0.4 is 4.90 Å². The summed E-state index contributed by atoms with van der Waals surface area (Å²) in [5, 5.41) is 9.50. The maximum absolute atomic E-state index is 9.50. The predicted octanol–water partition coefficient (Wildman–Crippen LogP) is 1.35. The Hall–Kier alpha value is -2.05. The Kier molecular flexibility index (Phi) is 4.83. The quantitative estimate of drug-likeness (QED) is 0.919. The van der Waals surface area contributed by atoms with Crippen molar-refractivity contribution in [3.63, 3.8) is 0 Å². The molecule has 3 heterocycles. The number of aromatic nitrogens is 3. The van der Waals surface area contributed by atoms with E-state index in [1.807, 2.05) is 32.0 Å². The van der Waals surface area contributed by atoms with E-state index in [9.17, 15) is 5.11 Å². The fraction of sp³-hybridized carbons (Fsp3) is 0.471. The lowest BCUT2D eigenvalue weighted by atomic mass is 10.2. The zero-order valence-corrected chi connectivity index (χ0v) is 13.7. The third kappa shape index (κ3) is 4.03. The van der Waals surface area contributed by atoms with Crippen molar-refractivity contribution in [3.05, 3.63) is 36.3 Å². The minimum absolute atomic E-state index is 0.278. The van der Waals surface area contributed by atoms with Crippen LogP contribution in [0.4, 0.5) is 5.82 Å². The Bertz CT molecular complexity index is 639. The average molecular weight is 313 g/mol. The summed E-state index contributed by atoms with van der Waals surface area (Å²) in [4.78, 5) is 18.0. The first-order valence-corrected chi connectivity index (χ1v) is 8.03. The summed E-state index contributed by atoms with van der Waals surface area (Å²) in [5.41, 5.74) is 1.89. The minimum Gasteiger partial charge on any atom is -0.392 e. The zero-order chi connectivity index (χ0) is 16.2. The van der Waals surface area contributed by atoms with E-state index in [1.54, 1.807) is 12.4 Å². The molecule has 2 aromatic rings. The first kappa shape index (κ1) is 15.8. The van der Waals surface area contributed by atoms with Gasteiger partial charge >= 0.3 is 0 Å². The highest BCUT2D eigenvalue weighted by molar-refractivity contribution is 5.56. The maximum atomic E-state index is 9.50. The van der Waals surface area contributed by atoms with Gasteiger partial charge < -0.3 is 10.0 Å². The van der Waals surface area contributed by atoms with Gasteiger partial charge in [-0.05, 0) is 26.0 Å². The van der Waals surface area contributed by atoms with Gasteiger partial charge in [-0.3, -0.25) is 9.88 Å². The van der Waals surface area contributed by atoms with Gasteiger partial charge in [-0.1, -0.05) is 0 Å². The fourth-order valence-electron chi connectivity index (χ4n) is 2.87. The van der Waals surface area contributed by atoms with Gasteiger partial charge in [0.05, 0.1) is 6.10 Å². The number of β-amino-alcohol motifs (C(OH)–C–C–N with tert-alkyl or cyclic N) is 1. The molecule has 1 saturated heterocycles. The zero-order valence-electron chi connectivity index (χ0n) is 13.7. The van der Waals surface area contributed by atoms with E-state index in [0.717, 1.165) is 55.6 Å². The molecule has 6 nitrogen and oxygen atoms in total. The first-order chi connectivity index (χ1) is 11.1. The predicted molar refractivity (Wildman–Crippen MR) is 90.3 cm³/mol. The van der Waals surface area contributed by atoms with Crippen LogP contribution in [0.1, 0.15) is 12.6 Å². The van der Waals surface area contributed by atoms with E-state index in [4.69, 9.17) is 4.98 Å². The number of aliphatic hydroxyl groups is 1. The van der Waals surface area contributed by atoms with Gasteiger partial charge in [-0.2, -0.15) is 0 Å². The lowest BCUT2D eigenvalue weighted by Crippen LogP contribution is -2.48. The molecule has 6 heteroatoms. The van der Waals surface area contributed by atoms with E-state index in [-0.39, 0.29) is 6.10 Å². The molecular weight excluding hydrogens is 290 g/mol. The standard InChI is InChI=1S/C17H23N5O/c1-13-10-16(20-17(19-13)15-4-3-5-18-11-15)22-8-6-21(7-9-22)12-14(2)23/h3-5,10-11,14,23H,6-9,12H2,1-2H3/t14-/m1/s1. The smallest absolute Gasteiger partial charge is 0.163 e. The SMILES string of the molecule is Cc1cc(N2CCN(C[C@@H](C)O)CC2)nc(-c2cccnc2)n1. The number of rotatable bonds is 4. The van der Waals surface area contributed by atoms with Crippen molar-refractivity contribution in [1.29, 1.82) is 0 Å². The Morgan fingerprint density at radius 1 is 1.22 bits per heavy atom. The molecule has 122 valence electrons. The Labute approximate surface area is 136 Å². The monoisotopic (exact) mass is 313 g/mol. The highest BCUT2D eigenvalue weighted by Gasteiger charge is 2.20. The molecule has 0 aromatic carbocycles. The summed E-state index contributed by atoms with van der Waals surface area (Å²) in [6.07, 6.45) is 3.26. The van der Waals surface area contributed by atoms with Crippen LogP contribution in [0, 0.1) is 6.92 Å². The summed E-state index contributed by atoms with van der Waals surface area (Å²) in [7, 11) is 0. The van der Waals surface area contributed by atoms with Gasteiger partial charge in [0, 0.05) is 62.4 Å². The number of hydrogen-bond donors (Lipinski definition) is 1. The summed E-state index contributed by atoms with van der Waals surface area (Å²) in [5.74, 6) is 1.69. The summed E-state index contributed by atoms with van der Waals surface area (Å²) in [6.45, 7) is 8.27. The third-order valence-corrected chi connectivity index (χ3v) is 3.98. The first-order valence-electron chi connectivity index (χ1n) is 8.03. The molecule has 0 radical (unpaired) electrons. The Balaban J connectivity index is 1.75. The lowest BCUT2D eigenvalue weighted by Gasteiger charge is -2.36. The van der Waals surface area contributed by atoms with Crippen LogP contribution in [0.15, 0.2) is 30.6 Å². The van der Waals surface area contributed by atoms with E-state index in [0.29, 0.717) is 0 Å². The molecule has 23 heavy (non-hydrogen) atoms. The molecule has 1 fully saturated rings. The highest BCUT2D eigenvalue weighted by atomic mass is 16.3. The summed E-state index contributed by atoms with van der Waals surface area (Å²) < 4.78 is 0. The number of pyridine rings is 1. The van der Waals surface area contributed by atoms with E-state index >= 15 is 0 Å². The summed E-state index contributed by atoms with van der Waals surface area (Å²) in [6, 6.07) is 5.91. The second-order valence-electron chi connectivity index (χ2n) is 6.07. The normalized spacial score (nSPS) is 17.3. The minimum atomic E-state index is -0.278. The number of aliphatic hydroxyl groups excluding tert-OH is 1. The van der Waals surface area contributed by atoms with Gasteiger partial charge in [0.1, 0.15) is 5.82 Å². The molecule has 0 unspecified atom stereocenters. The van der Waals surface area contributed by atoms with E-state index in [2.05, 4.69) is 19.8 Å². The number of piperazine rings is 1. The summed E-state index contributed by atoms with van der Waals surface area (Å²) >= 11 is 0. The highest BCUT2D eigenvalue weighted by Crippen LogP contribution is 2.20.